The standard InChI is InChI=1S/C16H14BrN3O/c17-13-7-3-2-6-12(13)16-19-15(21-20-16)10-9-11-5-1-4-8-14(11)18/h1-8H,9-10,18H2. The van der Waals surface area contributed by atoms with E-state index in [1.165, 1.54) is 0 Å². The largest absolute Gasteiger partial charge is 0.399 e. The van der Waals surface area contributed by atoms with Crippen molar-refractivity contribution in [3.05, 3.63) is 64.5 Å². The van der Waals surface area contributed by atoms with Gasteiger partial charge in [-0.1, -0.05) is 51.4 Å². The molecule has 5 heteroatoms. The molecule has 0 bridgehead atoms. The first-order valence-corrected chi connectivity index (χ1v) is 7.44. The first-order chi connectivity index (χ1) is 10.2. The van der Waals surface area contributed by atoms with Crippen molar-refractivity contribution in [2.24, 2.45) is 0 Å². The fraction of sp³-hybridized carbons (Fsp3) is 0.125. The number of benzene rings is 2. The number of rotatable bonds is 4. The second-order valence-electron chi connectivity index (χ2n) is 4.69. The number of hydrogen-bond acceptors (Lipinski definition) is 4. The zero-order valence-electron chi connectivity index (χ0n) is 11.3. The second kappa shape index (κ2) is 6.10. The Morgan fingerprint density at radius 3 is 2.57 bits per heavy atom. The Kier molecular flexibility index (Phi) is 4.01. The molecule has 0 saturated carbocycles. The molecule has 0 amide bonds. The van der Waals surface area contributed by atoms with Gasteiger partial charge >= 0.3 is 0 Å². The highest BCUT2D eigenvalue weighted by Crippen LogP contribution is 2.25. The fourth-order valence-corrected chi connectivity index (χ4v) is 2.57. The van der Waals surface area contributed by atoms with E-state index in [0.717, 1.165) is 27.7 Å². The van der Waals surface area contributed by atoms with Crippen LogP contribution in [-0.4, -0.2) is 10.1 Å². The molecular weight excluding hydrogens is 330 g/mol. The minimum Gasteiger partial charge on any atom is -0.399 e. The maximum Gasteiger partial charge on any atom is 0.227 e. The third kappa shape index (κ3) is 3.13. The molecule has 0 radical (unpaired) electrons. The molecule has 0 atom stereocenters. The number of aryl methyl sites for hydroxylation is 2. The van der Waals surface area contributed by atoms with Crippen molar-refractivity contribution >= 4 is 21.6 Å². The van der Waals surface area contributed by atoms with Crippen molar-refractivity contribution in [3.8, 4) is 11.4 Å². The summed E-state index contributed by atoms with van der Waals surface area (Å²) >= 11 is 3.49. The summed E-state index contributed by atoms with van der Waals surface area (Å²) < 4.78 is 6.26. The number of nitrogen functional groups attached to an aromatic ring is 1. The van der Waals surface area contributed by atoms with E-state index in [9.17, 15) is 0 Å². The molecule has 0 fully saturated rings. The van der Waals surface area contributed by atoms with Gasteiger partial charge < -0.3 is 10.3 Å². The maximum absolute atomic E-state index is 5.93. The molecule has 4 nitrogen and oxygen atoms in total. The van der Waals surface area contributed by atoms with Gasteiger partial charge in [-0.3, -0.25) is 0 Å². The highest BCUT2D eigenvalue weighted by molar-refractivity contribution is 9.10. The minimum atomic E-state index is 0.596. The number of para-hydroxylation sites is 1. The Balaban J connectivity index is 1.74. The average Bonchev–Trinajstić information content (AvgIpc) is 2.96. The summed E-state index contributed by atoms with van der Waals surface area (Å²) in [5.74, 6) is 1.21. The topological polar surface area (TPSA) is 64.9 Å². The van der Waals surface area contributed by atoms with Crippen LogP contribution in [0.3, 0.4) is 0 Å². The van der Waals surface area contributed by atoms with Crippen molar-refractivity contribution in [3.63, 3.8) is 0 Å². The van der Waals surface area contributed by atoms with Gasteiger partial charge in [-0.2, -0.15) is 4.98 Å². The highest BCUT2D eigenvalue weighted by atomic mass is 79.9. The van der Waals surface area contributed by atoms with Gasteiger partial charge in [-0.05, 0) is 30.2 Å². The van der Waals surface area contributed by atoms with Gasteiger partial charge in [0.1, 0.15) is 0 Å². The maximum atomic E-state index is 5.93. The lowest BCUT2D eigenvalue weighted by molar-refractivity contribution is 0.379. The zero-order chi connectivity index (χ0) is 14.7. The summed E-state index contributed by atoms with van der Waals surface area (Å²) in [5.41, 5.74) is 8.74. The summed E-state index contributed by atoms with van der Waals surface area (Å²) in [6.07, 6.45) is 1.45. The van der Waals surface area contributed by atoms with E-state index in [-0.39, 0.29) is 0 Å². The zero-order valence-corrected chi connectivity index (χ0v) is 12.9. The van der Waals surface area contributed by atoms with Crippen molar-refractivity contribution in [1.29, 1.82) is 0 Å². The molecule has 0 saturated heterocycles. The van der Waals surface area contributed by atoms with Gasteiger partial charge in [0.05, 0.1) is 0 Å². The van der Waals surface area contributed by atoms with E-state index >= 15 is 0 Å². The smallest absolute Gasteiger partial charge is 0.227 e. The number of anilines is 1. The molecule has 3 aromatic rings. The predicted molar refractivity (Wildman–Crippen MR) is 85.7 cm³/mol. The Morgan fingerprint density at radius 2 is 1.76 bits per heavy atom. The first kappa shape index (κ1) is 13.8. The first-order valence-electron chi connectivity index (χ1n) is 6.65. The van der Waals surface area contributed by atoms with Crippen LogP contribution in [0.2, 0.25) is 0 Å². The molecule has 1 heterocycles. The van der Waals surface area contributed by atoms with Crippen LogP contribution >= 0.6 is 15.9 Å². The predicted octanol–water partition coefficient (Wildman–Crippen LogP) is 3.87. The lowest BCUT2D eigenvalue weighted by atomic mass is 10.1. The van der Waals surface area contributed by atoms with Crippen LogP contribution in [0.15, 0.2) is 57.5 Å². The van der Waals surface area contributed by atoms with Crippen LogP contribution in [0, 0.1) is 0 Å². The number of hydrogen-bond donors (Lipinski definition) is 1. The molecule has 106 valence electrons. The SMILES string of the molecule is Nc1ccccc1CCc1nc(-c2ccccc2Br)no1. The van der Waals surface area contributed by atoms with Crippen molar-refractivity contribution in [2.45, 2.75) is 12.8 Å². The van der Waals surface area contributed by atoms with Crippen LogP contribution in [0.5, 0.6) is 0 Å². The monoisotopic (exact) mass is 343 g/mol. The summed E-state index contributed by atoms with van der Waals surface area (Å²) in [4.78, 5) is 4.44. The van der Waals surface area contributed by atoms with E-state index in [1.807, 2.05) is 48.5 Å². The number of nitrogens with zero attached hydrogens (tertiary/aromatic N) is 2. The van der Waals surface area contributed by atoms with E-state index in [4.69, 9.17) is 10.3 Å². The van der Waals surface area contributed by atoms with Crippen LogP contribution in [0.1, 0.15) is 11.5 Å². The summed E-state index contributed by atoms with van der Waals surface area (Å²) in [7, 11) is 0. The summed E-state index contributed by atoms with van der Waals surface area (Å²) in [6.45, 7) is 0. The minimum absolute atomic E-state index is 0.596. The number of aromatic nitrogens is 2. The van der Waals surface area contributed by atoms with Crippen molar-refractivity contribution < 1.29 is 4.52 Å². The van der Waals surface area contributed by atoms with Crippen LogP contribution in [-0.2, 0) is 12.8 Å². The highest BCUT2D eigenvalue weighted by Gasteiger charge is 2.11. The molecule has 2 aromatic carbocycles. The summed E-state index contributed by atoms with van der Waals surface area (Å²) in [6, 6.07) is 15.6. The van der Waals surface area contributed by atoms with Crippen molar-refractivity contribution in [1.82, 2.24) is 10.1 Å². The molecule has 2 N–H and O–H groups in total. The third-order valence-electron chi connectivity index (χ3n) is 3.25. The molecule has 0 aliphatic rings. The van der Waals surface area contributed by atoms with E-state index in [0.29, 0.717) is 18.1 Å². The molecule has 21 heavy (non-hydrogen) atoms. The van der Waals surface area contributed by atoms with Crippen molar-refractivity contribution in [2.75, 3.05) is 5.73 Å². The second-order valence-corrected chi connectivity index (χ2v) is 5.54. The quantitative estimate of drug-likeness (QED) is 0.730. The average molecular weight is 344 g/mol. The summed E-state index contributed by atoms with van der Waals surface area (Å²) in [5, 5.41) is 4.03. The molecule has 0 spiro atoms. The van der Waals surface area contributed by atoms with Gasteiger partial charge in [0.15, 0.2) is 0 Å². The number of nitrogens with two attached hydrogens (primary N) is 1. The van der Waals surface area contributed by atoms with E-state index < -0.39 is 0 Å². The van der Waals surface area contributed by atoms with Gasteiger partial charge in [-0.15, -0.1) is 0 Å². The third-order valence-corrected chi connectivity index (χ3v) is 3.94. The van der Waals surface area contributed by atoms with Gasteiger partial charge in [0, 0.05) is 22.1 Å². The Morgan fingerprint density at radius 1 is 1.00 bits per heavy atom. The molecule has 0 unspecified atom stereocenters. The Labute approximate surface area is 131 Å². The molecule has 0 aliphatic carbocycles. The lowest BCUT2D eigenvalue weighted by Gasteiger charge is -2.02. The Hall–Kier alpha value is -2.14. The van der Waals surface area contributed by atoms with Gasteiger partial charge in [0.25, 0.3) is 0 Å². The molecule has 3 rings (SSSR count). The lowest BCUT2D eigenvalue weighted by Crippen LogP contribution is -1.97. The normalized spacial score (nSPS) is 10.7. The van der Waals surface area contributed by atoms with E-state index in [1.54, 1.807) is 0 Å². The fourth-order valence-electron chi connectivity index (χ4n) is 2.11. The Bertz CT molecular complexity index is 755. The van der Waals surface area contributed by atoms with E-state index in [2.05, 4.69) is 26.1 Å². The molecule has 1 aromatic heterocycles. The van der Waals surface area contributed by atoms with Crippen LogP contribution < -0.4 is 5.73 Å². The van der Waals surface area contributed by atoms with Gasteiger partial charge in [-0.25, -0.2) is 0 Å². The molecule has 0 aliphatic heterocycles. The van der Waals surface area contributed by atoms with Gasteiger partial charge in [0.2, 0.25) is 11.7 Å². The van der Waals surface area contributed by atoms with Crippen LogP contribution in [0.4, 0.5) is 5.69 Å². The molecular formula is C16H14BrN3O. The number of halogens is 1. The van der Waals surface area contributed by atoms with Crippen LogP contribution in [0.25, 0.3) is 11.4 Å².